The van der Waals surface area contributed by atoms with Crippen LogP contribution in [0.5, 0.6) is 0 Å². The van der Waals surface area contributed by atoms with E-state index < -0.39 is 0 Å². The SMILES string of the molecule is CC1(C)c2ccccc2-c2ccc(N(c3ccc(-c4cccc5c4CCCC5)cc3)c3ccccc3C3CC4CCC3C4)cc21. The Hall–Kier alpha value is -4.10. The third kappa shape index (κ3) is 4.34. The highest BCUT2D eigenvalue weighted by Gasteiger charge is 2.42. The second kappa shape index (κ2) is 10.5. The maximum atomic E-state index is 2.57. The van der Waals surface area contributed by atoms with Crippen molar-refractivity contribution in [3.63, 3.8) is 0 Å². The molecule has 45 heavy (non-hydrogen) atoms. The highest BCUT2D eigenvalue weighted by molar-refractivity contribution is 5.86. The zero-order valence-electron chi connectivity index (χ0n) is 26.7. The molecule has 3 atom stereocenters. The molecule has 1 heteroatoms. The average molecular weight is 586 g/mol. The van der Waals surface area contributed by atoms with Crippen molar-refractivity contribution in [3.05, 3.63) is 137 Å². The zero-order valence-corrected chi connectivity index (χ0v) is 26.7. The van der Waals surface area contributed by atoms with Crippen LogP contribution in [0.4, 0.5) is 17.1 Å². The minimum absolute atomic E-state index is 0.0337. The summed E-state index contributed by atoms with van der Waals surface area (Å²) < 4.78 is 0. The van der Waals surface area contributed by atoms with Gasteiger partial charge in [-0.05, 0) is 143 Å². The van der Waals surface area contributed by atoms with E-state index in [9.17, 15) is 0 Å². The van der Waals surface area contributed by atoms with Crippen molar-refractivity contribution in [1.82, 2.24) is 0 Å². The number of anilines is 3. The molecule has 3 unspecified atom stereocenters. The molecule has 0 aromatic heterocycles. The molecule has 1 nitrogen and oxygen atoms in total. The fourth-order valence-corrected chi connectivity index (χ4v) is 9.73. The summed E-state index contributed by atoms with van der Waals surface area (Å²) in [5.41, 5.74) is 16.9. The van der Waals surface area contributed by atoms with Gasteiger partial charge < -0.3 is 4.90 Å². The van der Waals surface area contributed by atoms with Crippen LogP contribution in [0.2, 0.25) is 0 Å². The summed E-state index contributed by atoms with van der Waals surface area (Å²) in [7, 11) is 0. The standard InChI is InChI=1S/C44H43N/c1-44(2)41-16-7-5-13-37(41)38-25-24-34(28-42(38)44)45(43-17-8-6-14-39(43)40-27-29-18-19-32(40)26-29)33-22-20-31(21-23-33)36-15-9-11-30-10-3-4-12-35(30)36/h5-9,11,13-17,20-25,28-29,32,40H,3-4,10,12,18-19,26-27H2,1-2H3. The Kier molecular flexibility index (Phi) is 6.34. The minimum atomic E-state index is -0.0337. The first-order valence-corrected chi connectivity index (χ1v) is 17.4. The predicted molar refractivity (Wildman–Crippen MR) is 189 cm³/mol. The molecular weight excluding hydrogens is 542 g/mol. The minimum Gasteiger partial charge on any atom is -0.310 e. The van der Waals surface area contributed by atoms with Crippen LogP contribution >= 0.6 is 0 Å². The Morgan fingerprint density at radius 1 is 0.622 bits per heavy atom. The first kappa shape index (κ1) is 27.2. The van der Waals surface area contributed by atoms with E-state index in [4.69, 9.17) is 0 Å². The van der Waals surface area contributed by atoms with Crippen molar-refractivity contribution in [2.75, 3.05) is 4.90 Å². The van der Waals surface area contributed by atoms with Crippen LogP contribution in [-0.4, -0.2) is 0 Å². The molecule has 5 aromatic rings. The number of para-hydroxylation sites is 1. The van der Waals surface area contributed by atoms with E-state index in [0.29, 0.717) is 5.92 Å². The molecule has 0 amide bonds. The van der Waals surface area contributed by atoms with Gasteiger partial charge in [-0.2, -0.15) is 0 Å². The second-order valence-corrected chi connectivity index (χ2v) is 14.8. The molecule has 4 aliphatic rings. The summed E-state index contributed by atoms with van der Waals surface area (Å²) in [6, 6.07) is 42.0. The summed E-state index contributed by atoms with van der Waals surface area (Å²) in [6.07, 6.45) is 10.6. The number of rotatable bonds is 5. The Balaban J connectivity index is 1.18. The smallest absolute Gasteiger partial charge is 0.0496 e. The molecule has 0 saturated heterocycles. The van der Waals surface area contributed by atoms with E-state index in [2.05, 4.69) is 128 Å². The quantitative estimate of drug-likeness (QED) is 0.198. The number of fused-ring (bicyclic) bond motifs is 6. The molecule has 4 aliphatic carbocycles. The first-order valence-electron chi connectivity index (χ1n) is 17.4. The van der Waals surface area contributed by atoms with Gasteiger partial charge in [-0.3, -0.25) is 0 Å². The van der Waals surface area contributed by atoms with E-state index in [0.717, 1.165) is 11.8 Å². The van der Waals surface area contributed by atoms with Gasteiger partial charge in [0, 0.05) is 22.5 Å². The molecule has 0 heterocycles. The van der Waals surface area contributed by atoms with E-state index >= 15 is 0 Å². The van der Waals surface area contributed by atoms with Crippen LogP contribution in [0.15, 0.2) is 109 Å². The number of nitrogens with zero attached hydrogens (tertiary/aromatic N) is 1. The zero-order chi connectivity index (χ0) is 30.1. The number of hydrogen-bond acceptors (Lipinski definition) is 1. The number of benzene rings is 5. The molecule has 5 aromatic carbocycles. The topological polar surface area (TPSA) is 3.24 Å². The molecule has 0 aliphatic heterocycles. The van der Waals surface area contributed by atoms with E-state index in [-0.39, 0.29) is 5.41 Å². The van der Waals surface area contributed by atoms with Crippen LogP contribution in [0.3, 0.4) is 0 Å². The maximum absolute atomic E-state index is 2.57. The van der Waals surface area contributed by atoms with Crippen LogP contribution < -0.4 is 4.90 Å². The average Bonchev–Trinajstić information content (AvgIpc) is 3.78. The summed E-state index contributed by atoms with van der Waals surface area (Å²) in [4.78, 5) is 2.57. The predicted octanol–water partition coefficient (Wildman–Crippen LogP) is 11.9. The summed E-state index contributed by atoms with van der Waals surface area (Å²) in [5.74, 6) is 2.41. The van der Waals surface area contributed by atoms with Crippen LogP contribution in [-0.2, 0) is 18.3 Å². The highest BCUT2D eigenvalue weighted by atomic mass is 15.1. The number of hydrogen-bond donors (Lipinski definition) is 0. The Morgan fingerprint density at radius 3 is 2.22 bits per heavy atom. The summed E-state index contributed by atoms with van der Waals surface area (Å²) >= 11 is 0. The van der Waals surface area contributed by atoms with Crippen molar-refractivity contribution < 1.29 is 0 Å². The van der Waals surface area contributed by atoms with Gasteiger partial charge in [0.05, 0.1) is 0 Å². The lowest BCUT2D eigenvalue weighted by molar-refractivity contribution is 0.420. The lowest BCUT2D eigenvalue weighted by Crippen LogP contribution is -2.18. The molecule has 2 fully saturated rings. The molecule has 2 saturated carbocycles. The highest BCUT2D eigenvalue weighted by Crippen LogP contribution is 2.56. The van der Waals surface area contributed by atoms with Crippen molar-refractivity contribution in [2.45, 2.75) is 76.5 Å². The third-order valence-electron chi connectivity index (χ3n) is 12.0. The molecule has 2 bridgehead atoms. The van der Waals surface area contributed by atoms with Crippen LogP contribution in [0.1, 0.15) is 86.1 Å². The van der Waals surface area contributed by atoms with Gasteiger partial charge in [0.15, 0.2) is 0 Å². The van der Waals surface area contributed by atoms with Crippen LogP contribution in [0.25, 0.3) is 22.3 Å². The van der Waals surface area contributed by atoms with Crippen molar-refractivity contribution in [3.8, 4) is 22.3 Å². The molecule has 224 valence electrons. The lowest BCUT2D eigenvalue weighted by atomic mass is 9.81. The van der Waals surface area contributed by atoms with Crippen LogP contribution in [0, 0.1) is 11.8 Å². The van der Waals surface area contributed by atoms with E-state index in [1.807, 2.05) is 0 Å². The normalized spacial score (nSPS) is 22.1. The largest absolute Gasteiger partial charge is 0.310 e. The molecule has 0 spiro atoms. The summed E-state index contributed by atoms with van der Waals surface area (Å²) in [5, 5.41) is 0. The van der Waals surface area contributed by atoms with Gasteiger partial charge >= 0.3 is 0 Å². The van der Waals surface area contributed by atoms with Gasteiger partial charge in [-0.1, -0.05) is 99.1 Å². The molecular formula is C44H43N. The summed E-state index contributed by atoms with van der Waals surface area (Å²) in [6.45, 7) is 4.79. The number of aryl methyl sites for hydroxylation is 1. The van der Waals surface area contributed by atoms with Gasteiger partial charge in [0.1, 0.15) is 0 Å². The van der Waals surface area contributed by atoms with Gasteiger partial charge in [0.25, 0.3) is 0 Å². The maximum Gasteiger partial charge on any atom is 0.0496 e. The van der Waals surface area contributed by atoms with E-state index in [1.54, 1.807) is 11.1 Å². The Bertz CT molecular complexity index is 1910. The monoisotopic (exact) mass is 585 g/mol. The molecule has 0 radical (unpaired) electrons. The fourth-order valence-electron chi connectivity index (χ4n) is 9.73. The fraction of sp³-hybridized carbons (Fsp3) is 0.318. The third-order valence-corrected chi connectivity index (χ3v) is 12.0. The van der Waals surface area contributed by atoms with E-state index in [1.165, 1.54) is 107 Å². The van der Waals surface area contributed by atoms with Gasteiger partial charge in [-0.15, -0.1) is 0 Å². The first-order chi connectivity index (χ1) is 22.1. The van der Waals surface area contributed by atoms with Crippen molar-refractivity contribution in [1.29, 1.82) is 0 Å². The van der Waals surface area contributed by atoms with Crippen molar-refractivity contribution in [2.24, 2.45) is 11.8 Å². The van der Waals surface area contributed by atoms with Gasteiger partial charge in [-0.25, -0.2) is 0 Å². The van der Waals surface area contributed by atoms with Gasteiger partial charge in [0.2, 0.25) is 0 Å². The second-order valence-electron chi connectivity index (χ2n) is 14.8. The molecule has 0 N–H and O–H groups in total. The Morgan fingerprint density at radius 2 is 1.38 bits per heavy atom. The Labute approximate surface area is 269 Å². The lowest BCUT2D eigenvalue weighted by Gasteiger charge is -2.33. The molecule has 9 rings (SSSR count). The van der Waals surface area contributed by atoms with Crippen molar-refractivity contribution >= 4 is 17.1 Å².